The molecule has 0 aromatic carbocycles. The number of rotatable bonds is 1. The third-order valence-electron chi connectivity index (χ3n) is 2.90. The quantitative estimate of drug-likeness (QED) is 0.796. The van der Waals surface area contributed by atoms with E-state index in [9.17, 15) is 4.79 Å². The highest BCUT2D eigenvalue weighted by molar-refractivity contribution is 7.12. The van der Waals surface area contributed by atoms with Gasteiger partial charge in [-0.25, -0.2) is 0 Å². The molecule has 3 rings (SSSR count). The minimum Gasteiger partial charge on any atom is -0.485 e. The van der Waals surface area contributed by atoms with Gasteiger partial charge < -0.3 is 19.7 Å². The highest BCUT2D eigenvalue weighted by Crippen LogP contribution is 2.39. The Morgan fingerprint density at radius 1 is 1.29 bits per heavy atom. The van der Waals surface area contributed by atoms with Crippen molar-refractivity contribution in [1.82, 2.24) is 10.2 Å². The van der Waals surface area contributed by atoms with Crippen molar-refractivity contribution in [3.63, 3.8) is 0 Å². The summed E-state index contributed by atoms with van der Waals surface area (Å²) < 4.78 is 11.0. The Kier molecular flexibility index (Phi) is 2.90. The number of piperazine rings is 1. The van der Waals surface area contributed by atoms with Gasteiger partial charge >= 0.3 is 0 Å². The molecular formula is C11H14N2O3S. The molecule has 0 spiro atoms. The first-order valence-electron chi connectivity index (χ1n) is 5.73. The Balaban J connectivity index is 1.83. The Morgan fingerprint density at radius 2 is 2.06 bits per heavy atom. The first-order chi connectivity index (χ1) is 8.36. The number of hydrogen-bond donors (Lipinski definition) is 1. The predicted octanol–water partition coefficient (Wildman–Crippen LogP) is 0.565. The zero-order valence-corrected chi connectivity index (χ0v) is 10.2. The molecule has 5 nitrogen and oxygen atoms in total. The summed E-state index contributed by atoms with van der Waals surface area (Å²) in [4.78, 5) is 14.8. The number of nitrogens with zero attached hydrogens (tertiary/aromatic N) is 1. The molecule has 0 unspecified atom stereocenters. The number of hydrogen-bond acceptors (Lipinski definition) is 5. The van der Waals surface area contributed by atoms with Crippen LogP contribution in [0, 0.1) is 0 Å². The van der Waals surface area contributed by atoms with E-state index in [1.165, 1.54) is 11.3 Å². The summed E-state index contributed by atoms with van der Waals surface area (Å²) >= 11 is 1.41. The van der Waals surface area contributed by atoms with Gasteiger partial charge in [-0.2, -0.15) is 0 Å². The molecule has 1 amide bonds. The third-order valence-corrected chi connectivity index (χ3v) is 3.83. The van der Waals surface area contributed by atoms with Crippen molar-refractivity contribution >= 4 is 17.2 Å². The molecule has 1 aromatic heterocycles. The van der Waals surface area contributed by atoms with Crippen molar-refractivity contribution in [2.75, 3.05) is 39.4 Å². The summed E-state index contributed by atoms with van der Waals surface area (Å²) in [6.45, 7) is 4.31. The van der Waals surface area contributed by atoms with Gasteiger partial charge in [0.15, 0.2) is 11.5 Å². The first kappa shape index (κ1) is 10.9. The molecule has 2 aliphatic rings. The van der Waals surface area contributed by atoms with Gasteiger partial charge in [-0.3, -0.25) is 4.79 Å². The lowest BCUT2D eigenvalue weighted by atomic mass is 10.3. The van der Waals surface area contributed by atoms with Crippen LogP contribution in [0.4, 0.5) is 0 Å². The van der Waals surface area contributed by atoms with Crippen molar-refractivity contribution in [2.45, 2.75) is 0 Å². The zero-order chi connectivity index (χ0) is 11.7. The van der Waals surface area contributed by atoms with Gasteiger partial charge in [0, 0.05) is 31.6 Å². The highest BCUT2D eigenvalue weighted by Gasteiger charge is 2.27. The Morgan fingerprint density at radius 3 is 2.88 bits per heavy atom. The average molecular weight is 254 g/mol. The van der Waals surface area contributed by atoms with Crippen LogP contribution in [0.25, 0.3) is 0 Å². The van der Waals surface area contributed by atoms with Crippen LogP contribution in [0.5, 0.6) is 11.5 Å². The molecule has 17 heavy (non-hydrogen) atoms. The number of carbonyl (C=O) groups excluding carboxylic acids is 1. The van der Waals surface area contributed by atoms with Crippen molar-refractivity contribution < 1.29 is 14.3 Å². The van der Waals surface area contributed by atoms with E-state index in [0.717, 1.165) is 26.2 Å². The molecule has 0 saturated carbocycles. The third kappa shape index (κ3) is 1.98. The number of amides is 1. The number of carbonyl (C=O) groups is 1. The van der Waals surface area contributed by atoms with E-state index in [2.05, 4.69) is 5.32 Å². The predicted molar refractivity (Wildman–Crippen MR) is 64.1 cm³/mol. The fourth-order valence-electron chi connectivity index (χ4n) is 2.02. The van der Waals surface area contributed by atoms with Crippen molar-refractivity contribution in [1.29, 1.82) is 0 Å². The van der Waals surface area contributed by atoms with Crippen LogP contribution in [0.2, 0.25) is 0 Å². The molecule has 0 aliphatic carbocycles. The molecule has 1 fully saturated rings. The van der Waals surface area contributed by atoms with E-state index in [1.54, 1.807) is 0 Å². The van der Waals surface area contributed by atoms with Gasteiger partial charge in [0.25, 0.3) is 5.91 Å². The molecule has 1 aromatic rings. The van der Waals surface area contributed by atoms with Gasteiger partial charge in [-0.1, -0.05) is 0 Å². The van der Waals surface area contributed by atoms with Gasteiger partial charge in [0.05, 0.1) is 0 Å². The van der Waals surface area contributed by atoms with E-state index in [1.807, 2.05) is 10.3 Å². The maximum absolute atomic E-state index is 12.3. The summed E-state index contributed by atoms with van der Waals surface area (Å²) in [5, 5.41) is 5.08. The second-order valence-electron chi connectivity index (χ2n) is 4.00. The molecule has 1 N–H and O–H groups in total. The summed E-state index contributed by atoms with van der Waals surface area (Å²) in [5.41, 5.74) is 0. The molecule has 2 aliphatic heterocycles. The maximum Gasteiger partial charge on any atom is 0.267 e. The fourth-order valence-corrected chi connectivity index (χ4v) is 2.92. The molecular weight excluding hydrogens is 240 g/mol. The molecule has 0 radical (unpaired) electrons. The summed E-state index contributed by atoms with van der Waals surface area (Å²) in [6.07, 6.45) is 0. The molecule has 6 heteroatoms. The molecule has 92 valence electrons. The van der Waals surface area contributed by atoms with Crippen LogP contribution in [0.3, 0.4) is 0 Å². The van der Waals surface area contributed by atoms with E-state index in [4.69, 9.17) is 9.47 Å². The Labute approximate surface area is 103 Å². The number of fused-ring (bicyclic) bond motifs is 1. The minimum atomic E-state index is 0.0586. The van der Waals surface area contributed by atoms with Crippen LogP contribution >= 0.6 is 11.3 Å². The molecule has 3 heterocycles. The van der Waals surface area contributed by atoms with E-state index in [-0.39, 0.29) is 5.91 Å². The summed E-state index contributed by atoms with van der Waals surface area (Å²) in [5.74, 6) is 1.40. The maximum atomic E-state index is 12.3. The van der Waals surface area contributed by atoms with Gasteiger partial charge in [0.1, 0.15) is 18.1 Å². The van der Waals surface area contributed by atoms with E-state index >= 15 is 0 Å². The van der Waals surface area contributed by atoms with E-state index < -0.39 is 0 Å². The monoisotopic (exact) mass is 254 g/mol. The number of thiophene rings is 1. The lowest BCUT2D eigenvalue weighted by Crippen LogP contribution is -2.46. The second kappa shape index (κ2) is 4.54. The van der Waals surface area contributed by atoms with E-state index in [0.29, 0.717) is 29.6 Å². The van der Waals surface area contributed by atoms with Crippen molar-refractivity contribution in [3.05, 3.63) is 10.3 Å². The van der Waals surface area contributed by atoms with Gasteiger partial charge in [-0.05, 0) is 0 Å². The van der Waals surface area contributed by atoms with Crippen LogP contribution < -0.4 is 14.8 Å². The Bertz CT molecular complexity index is 426. The molecule has 1 saturated heterocycles. The molecule has 0 bridgehead atoms. The van der Waals surface area contributed by atoms with Crippen molar-refractivity contribution in [3.8, 4) is 11.5 Å². The molecule has 0 atom stereocenters. The zero-order valence-electron chi connectivity index (χ0n) is 9.40. The highest BCUT2D eigenvalue weighted by atomic mass is 32.1. The Hall–Kier alpha value is -1.27. The van der Waals surface area contributed by atoms with Crippen molar-refractivity contribution in [2.24, 2.45) is 0 Å². The summed E-state index contributed by atoms with van der Waals surface area (Å²) in [7, 11) is 0. The normalized spacial score (nSPS) is 19.2. The van der Waals surface area contributed by atoms with Gasteiger partial charge in [-0.15, -0.1) is 11.3 Å². The van der Waals surface area contributed by atoms with Crippen LogP contribution in [-0.4, -0.2) is 50.2 Å². The largest absolute Gasteiger partial charge is 0.485 e. The van der Waals surface area contributed by atoms with Crippen LogP contribution in [-0.2, 0) is 0 Å². The summed E-state index contributed by atoms with van der Waals surface area (Å²) in [6, 6.07) is 0. The second-order valence-corrected chi connectivity index (χ2v) is 4.88. The fraction of sp³-hybridized carbons (Fsp3) is 0.545. The van der Waals surface area contributed by atoms with Crippen LogP contribution in [0.1, 0.15) is 9.67 Å². The lowest BCUT2D eigenvalue weighted by Gasteiger charge is -2.27. The first-order valence-corrected chi connectivity index (χ1v) is 6.61. The topological polar surface area (TPSA) is 50.8 Å². The van der Waals surface area contributed by atoms with Gasteiger partial charge in [0.2, 0.25) is 0 Å². The lowest BCUT2D eigenvalue weighted by molar-refractivity contribution is 0.0732. The minimum absolute atomic E-state index is 0.0586. The smallest absolute Gasteiger partial charge is 0.267 e. The number of nitrogens with one attached hydrogen (secondary N) is 1. The number of ether oxygens (including phenoxy) is 2. The average Bonchev–Trinajstić information content (AvgIpc) is 2.83. The van der Waals surface area contributed by atoms with Crippen LogP contribution in [0.15, 0.2) is 5.38 Å². The standard InChI is InChI=1S/C11H14N2O3S/c14-11(13-3-1-12-2-4-13)10-9-8(7-17-10)15-5-6-16-9/h7,12H,1-6H2. The SMILES string of the molecule is O=C(c1scc2c1OCCO2)N1CCNCC1.